The van der Waals surface area contributed by atoms with Crippen LogP contribution >= 0.6 is 0 Å². The van der Waals surface area contributed by atoms with E-state index in [0.29, 0.717) is 17.4 Å². The molecule has 3 rings (SSSR count). The molecular formula is C15H19N3O3. The number of nitro groups is 1. The fourth-order valence-corrected chi connectivity index (χ4v) is 2.48. The first-order valence-corrected chi connectivity index (χ1v) is 7.38. The van der Waals surface area contributed by atoms with Gasteiger partial charge in [0.05, 0.1) is 4.92 Å². The van der Waals surface area contributed by atoms with Crippen LogP contribution in [0.4, 0.5) is 11.4 Å². The molecule has 0 aliphatic heterocycles. The second-order valence-corrected chi connectivity index (χ2v) is 6.13. The van der Waals surface area contributed by atoms with Gasteiger partial charge in [-0.3, -0.25) is 14.9 Å². The number of rotatable bonds is 6. The fraction of sp³-hybridized carbons (Fsp3) is 0.533. The number of nitrogen functional groups attached to an aromatic ring is 1. The summed E-state index contributed by atoms with van der Waals surface area (Å²) < 4.78 is 0. The molecule has 2 aliphatic carbocycles. The van der Waals surface area contributed by atoms with Crippen molar-refractivity contribution in [2.24, 2.45) is 11.8 Å². The summed E-state index contributed by atoms with van der Waals surface area (Å²) in [5.74, 6) is 1.10. The molecule has 2 N–H and O–H groups in total. The minimum Gasteiger partial charge on any atom is -0.393 e. The van der Waals surface area contributed by atoms with Gasteiger partial charge in [-0.05, 0) is 49.7 Å². The quantitative estimate of drug-likeness (QED) is 0.495. The molecule has 2 fully saturated rings. The topological polar surface area (TPSA) is 89.5 Å². The Morgan fingerprint density at radius 1 is 1.24 bits per heavy atom. The van der Waals surface area contributed by atoms with Crippen LogP contribution in [0, 0.1) is 22.0 Å². The van der Waals surface area contributed by atoms with Crippen LogP contribution in [-0.4, -0.2) is 28.8 Å². The van der Waals surface area contributed by atoms with Crippen LogP contribution in [0.3, 0.4) is 0 Å². The van der Waals surface area contributed by atoms with E-state index in [1.165, 1.54) is 37.8 Å². The van der Waals surface area contributed by atoms with Crippen LogP contribution in [0.1, 0.15) is 36.0 Å². The molecule has 2 saturated carbocycles. The van der Waals surface area contributed by atoms with Crippen molar-refractivity contribution in [1.82, 2.24) is 4.90 Å². The third-order valence-electron chi connectivity index (χ3n) is 4.11. The van der Waals surface area contributed by atoms with Gasteiger partial charge in [0.25, 0.3) is 11.6 Å². The highest BCUT2D eigenvalue weighted by Gasteiger charge is 2.32. The molecule has 0 aromatic heterocycles. The van der Waals surface area contributed by atoms with Crippen molar-refractivity contribution in [3.8, 4) is 0 Å². The first-order chi connectivity index (χ1) is 10.0. The van der Waals surface area contributed by atoms with Crippen LogP contribution in [0.15, 0.2) is 18.2 Å². The predicted molar refractivity (Wildman–Crippen MR) is 78.9 cm³/mol. The lowest BCUT2D eigenvalue weighted by atomic mass is 10.1. The van der Waals surface area contributed by atoms with E-state index in [-0.39, 0.29) is 17.3 Å². The Labute approximate surface area is 123 Å². The number of carbonyl (C=O) groups is 1. The van der Waals surface area contributed by atoms with Gasteiger partial charge < -0.3 is 10.6 Å². The molecule has 0 unspecified atom stereocenters. The molecule has 0 bridgehead atoms. The minimum atomic E-state index is -0.543. The first-order valence-electron chi connectivity index (χ1n) is 7.38. The van der Waals surface area contributed by atoms with Gasteiger partial charge in [-0.25, -0.2) is 0 Å². The summed E-state index contributed by atoms with van der Waals surface area (Å²) >= 11 is 0. The summed E-state index contributed by atoms with van der Waals surface area (Å²) in [5.41, 5.74) is 5.83. The standard InChI is InChI=1S/C15H19N3O3/c16-13-6-5-12(7-14(13)18(20)21)15(19)17(8-10-1-2-10)9-11-3-4-11/h5-7,10-11H,1-4,8-9,16H2. The zero-order valence-corrected chi connectivity index (χ0v) is 11.8. The van der Waals surface area contributed by atoms with Crippen molar-refractivity contribution < 1.29 is 9.72 Å². The highest BCUT2D eigenvalue weighted by molar-refractivity contribution is 5.95. The van der Waals surface area contributed by atoms with Gasteiger partial charge in [-0.15, -0.1) is 0 Å². The largest absolute Gasteiger partial charge is 0.393 e. The van der Waals surface area contributed by atoms with E-state index < -0.39 is 4.92 Å². The normalized spacial score (nSPS) is 17.5. The van der Waals surface area contributed by atoms with Crippen molar-refractivity contribution in [2.45, 2.75) is 25.7 Å². The highest BCUT2D eigenvalue weighted by atomic mass is 16.6. The Bertz CT molecular complexity index is 566. The van der Waals surface area contributed by atoms with Crippen LogP contribution < -0.4 is 5.73 Å². The SMILES string of the molecule is Nc1ccc(C(=O)N(CC2CC2)CC2CC2)cc1[N+](=O)[O-]. The summed E-state index contributed by atoms with van der Waals surface area (Å²) in [5, 5.41) is 10.9. The summed E-state index contributed by atoms with van der Waals surface area (Å²) in [6.07, 6.45) is 4.71. The number of benzene rings is 1. The molecule has 2 aliphatic rings. The molecule has 0 saturated heterocycles. The molecule has 0 radical (unpaired) electrons. The maximum absolute atomic E-state index is 12.6. The number of hydrogen-bond donors (Lipinski definition) is 1. The lowest BCUT2D eigenvalue weighted by Gasteiger charge is -2.22. The lowest BCUT2D eigenvalue weighted by molar-refractivity contribution is -0.383. The monoisotopic (exact) mass is 289 g/mol. The van der Waals surface area contributed by atoms with Crippen LogP contribution in [0.2, 0.25) is 0 Å². The van der Waals surface area contributed by atoms with E-state index in [2.05, 4.69) is 0 Å². The molecule has 0 atom stereocenters. The van der Waals surface area contributed by atoms with Crippen molar-refractivity contribution in [3.05, 3.63) is 33.9 Å². The second kappa shape index (κ2) is 5.35. The maximum Gasteiger partial charge on any atom is 0.292 e. The third kappa shape index (κ3) is 3.32. The molecule has 6 heteroatoms. The van der Waals surface area contributed by atoms with Crippen LogP contribution in [0.5, 0.6) is 0 Å². The Morgan fingerprint density at radius 3 is 2.29 bits per heavy atom. The Morgan fingerprint density at radius 2 is 1.81 bits per heavy atom. The first kappa shape index (κ1) is 13.9. The van der Waals surface area contributed by atoms with Gasteiger partial charge in [0, 0.05) is 24.7 Å². The zero-order valence-electron chi connectivity index (χ0n) is 11.8. The number of anilines is 1. The average molecular weight is 289 g/mol. The predicted octanol–water partition coefficient (Wildman–Crippen LogP) is 2.44. The number of amides is 1. The number of hydrogen-bond acceptors (Lipinski definition) is 4. The van der Waals surface area contributed by atoms with Gasteiger partial charge in [0.15, 0.2) is 0 Å². The Kier molecular flexibility index (Phi) is 3.53. The summed E-state index contributed by atoms with van der Waals surface area (Å²) in [6.45, 7) is 1.54. The van der Waals surface area contributed by atoms with Crippen molar-refractivity contribution in [3.63, 3.8) is 0 Å². The zero-order chi connectivity index (χ0) is 15.0. The number of nitrogens with two attached hydrogens (primary N) is 1. The van der Waals surface area contributed by atoms with Crippen LogP contribution in [0.25, 0.3) is 0 Å². The average Bonchev–Trinajstić information content (AvgIpc) is 3.32. The van der Waals surface area contributed by atoms with Crippen LogP contribution in [-0.2, 0) is 0 Å². The van der Waals surface area contributed by atoms with Gasteiger partial charge in [0.2, 0.25) is 0 Å². The van der Waals surface area contributed by atoms with Crippen molar-refractivity contribution >= 4 is 17.3 Å². The molecule has 6 nitrogen and oxygen atoms in total. The van der Waals surface area contributed by atoms with E-state index in [1.54, 1.807) is 6.07 Å². The van der Waals surface area contributed by atoms with E-state index >= 15 is 0 Å². The smallest absolute Gasteiger partial charge is 0.292 e. The molecule has 112 valence electrons. The van der Waals surface area contributed by atoms with Crippen molar-refractivity contribution in [1.29, 1.82) is 0 Å². The summed E-state index contributed by atoms with van der Waals surface area (Å²) in [4.78, 5) is 24.9. The van der Waals surface area contributed by atoms with Gasteiger partial charge in [-0.1, -0.05) is 0 Å². The van der Waals surface area contributed by atoms with E-state index in [9.17, 15) is 14.9 Å². The Hall–Kier alpha value is -2.11. The molecule has 1 aromatic carbocycles. The van der Waals surface area contributed by atoms with Gasteiger partial charge in [0.1, 0.15) is 5.69 Å². The number of nitrogens with zero attached hydrogens (tertiary/aromatic N) is 2. The molecule has 0 spiro atoms. The second-order valence-electron chi connectivity index (χ2n) is 6.13. The Balaban J connectivity index is 1.80. The van der Waals surface area contributed by atoms with E-state index in [4.69, 9.17) is 5.73 Å². The number of nitro benzene ring substituents is 1. The highest BCUT2D eigenvalue weighted by Crippen LogP contribution is 2.34. The van der Waals surface area contributed by atoms with E-state index in [0.717, 1.165) is 13.1 Å². The molecular weight excluding hydrogens is 270 g/mol. The molecule has 1 amide bonds. The molecule has 0 heterocycles. The lowest BCUT2D eigenvalue weighted by Crippen LogP contribution is -2.34. The molecule has 21 heavy (non-hydrogen) atoms. The summed E-state index contributed by atoms with van der Waals surface area (Å²) in [7, 11) is 0. The molecule has 1 aromatic rings. The third-order valence-corrected chi connectivity index (χ3v) is 4.11. The summed E-state index contributed by atoms with van der Waals surface area (Å²) in [6, 6.07) is 4.32. The maximum atomic E-state index is 12.6. The minimum absolute atomic E-state index is 0.0903. The fourth-order valence-electron chi connectivity index (χ4n) is 2.48. The van der Waals surface area contributed by atoms with Crippen molar-refractivity contribution in [2.75, 3.05) is 18.8 Å². The number of carbonyl (C=O) groups excluding carboxylic acids is 1. The van der Waals surface area contributed by atoms with Gasteiger partial charge >= 0.3 is 0 Å². The van der Waals surface area contributed by atoms with E-state index in [1.807, 2.05) is 4.90 Å². The van der Waals surface area contributed by atoms with Gasteiger partial charge in [-0.2, -0.15) is 0 Å².